The van der Waals surface area contributed by atoms with Crippen molar-refractivity contribution in [1.82, 2.24) is 45.6 Å². The number of ether oxygens (including phenoxy) is 3. The molecule has 15 heteroatoms. The van der Waals surface area contributed by atoms with Gasteiger partial charge in [0.05, 0.1) is 22.1 Å². The Hall–Kier alpha value is -8.76. The molecular weight excluding hydrogens is 1150 g/mol. The summed E-state index contributed by atoms with van der Waals surface area (Å²) in [5.41, 5.74) is 8.28. The fraction of sp³-hybridized carbons (Fsp3) is 0.377. The van der Waals surface area contributed by atoms with Gasteiger partial charge in [0.15, 0.2) is 0 Å². The number of nitrogens with zero attached hydrogens (tertiary/aromatic N) is 6. The first-order valence-electron chi connectivity index (χ1n) is 32.7. The van der Waals surface area contributed by atoms with E-state index in [1.165, 1.54) is 12.0 Å². The SMILES string of the molecule is CC.CC.Cc1ccc(OCC2CCN2C)cc1C(=O)NC1(c2cccc3cnccc23)CC1.Cc1ccc(OCCN(C)C)cc1C(=O)NC1(c2cccc3cccnc23)CC1.Cc1ccc(OCCN(C)C)cc1C(=O)NC1(c2cccc3ccncc23)CC1. The monoisotopic (exact) mass is 1240 g/mol. The van der Waals surface area contributed by atoms with Gasteiger partial charge in [0, 0.05) is 88.5 Å². The van der Waals surface area contributed by atoms with Crippen molar-refractivity contribution in [2.75, 3.05) is 74.7 Å². The number of hydrogen-bond donors (Lipinski definition) is 3. The molecule has 92 heavy (non-hydrogen) atoms. The molecule has 0 radical (unpaired) electrons. The maximum atomic E-state index is 13.3. The number of likely N-dealkylation sites (N-methyl/N-ethyl adjacent to an activating group) is 3. The third-order valence-electron chi connectivity index (χ3n) is 17.7. The Morgan fingerprint density at radius 2 is 0.935 bits per heavy atom. The molecule has 9 aromatic rings. The minimum absolute atomic E-state index is 0.0396. The van der Waals surface area contributed by atoms with Gasteiger partial charge in [0.1, 0.15) is 37.1 Å². The molecule has 4 aliphatic rings. The van der Waals surface area contributed by atoms with E-state index in [4.69, 9.17) is 14.2 Å². The number of rotatable bonds is 20. The van der Waals surface area contributed by atoms with E-state index < -0.39 is 0 Å². The molecule has 1 atom stereocenters. The van der Waals surface area contributed by atoms with E-state index in [1.807, 2.05) is 192 Å². The quantitative estimate of drug-likeness (QED) is 0.0663. The number of pyridine rings is 3. The van der Waals surface area contributed by atoms with Crippen LogP contribution in [0.1, 0.15) is 137 Å². The van der Waals surface area contributed by atoms with Gasteiger partial charge in [-0.2, -0.15) is 0 Å². The molecule has 1 saturated heterocycles. The molecule has 1 unspecified atom stereocenters. The second-order valence-corrected chi connectivity index (χ2v) is 24.8. The number of benzene rings is 6. The molecule has 0 bridgehead atoms. The second-order valence-electron chi connectivity index (χ2n) is 24.8. The number of nitrogens with one attached hydrogen (secondary N) is 3. The van der Waals surface area contributed by atoms with E-state index in [1.54, 1.807) is 6.20 Å². The van der Waals surface area contributed by atoms with Gasteiger partial charge < -0.3 is 40.0 Å². The minimum Gasteiger partial charge on any atom is -0.492 e. The first-order valence-corrected chi connectivity index (χ1v) is 32.7. The van der Waals surface area contributed by atoms with Crippen molar-refractivity contribution in [3.8, 4) is 17.2 Å². The van der Waals surface area contributed by atoms with Crippen LogP contribution < -0.4 is 30.2 Å². The van der Waals surface area contributed by atoms with Crippen LogP contribution in [0, 0.1) is 20.8 Å². The third-order valence-corrected chi connectivity index (χ3v) is 17.7. The summed E-state index contributed by atoms with van der Waals surface area (Å²) in [5.74, 6) is 2.04. The van der Waals surface area contributed by atoms with Crippen LogP contribution >= 0.6 is 0 Å². The van der Waals surface area contributed by atoms with Gasteiger partial charge in [-0.05, 0) is 201 Å². The van der Waals surface area contributed by atoms with Crippen LogP contribution in [0.5, 0.6) is 17.2 Å². The van der Waals surface area contributed by atoms with E-state index in [2.05, 4.69) is 95.1 Å². The van der Waals surface area contributed by atoms with Crippen LogP contribution in [0.25, 0.3) is 32.4 Å². The lowest BCUT2D eigenvalue weighted by atomic mass is 9.97. The molecule has 3 amide bonds. The highest BCUT2D eigenvalue weighted by Gasteiger charge is 2.49. The second kappa shape index (κ2) is 30.6. The Bertz CT molecular complexity index is 3820. The van der Waals surface area contributed by atoms with Crippen LogP contribution in [0.3, 0.4) is 0 Å². The Kier molecular flexibility index (Phi) is 22.5. The summed E-state index contributed by atoms with van der Waals surface area (Å²) in [6, 6.07) is 44.4. The first-order chi connectivity index (χ1) is 44.5. The number of aromatic nitrogens is 3. The van der Waals surface area contributed by atoms with Crippen molar-refractivity contribution >= 4 is 50.2 Å². The number of aryl methyl sites for hydroxylation is 3. The summed E-state index contributed by atoms with van der Waals surface area (Å²) in [7, 11) is 10.2. The molecule has 4 heterocycles. The fourth-order valence-corrected chi connectivity index (χ4v) is 11.6. The van der Waals surface area contributed by atoms with Gasteiger partial charge in [0.25, 0.3) is 17.7 Å². The minimum atomic E-state index is -0.334. The summed E-state index contributed by atoms with van der Waals surface area (Å²) >= 11 is 0. The fourth-order valence-electron chi connectivity index (χ4n) is 11.6. The van der Waals surface area contributed by atoms with Crippen molar-refractivity contribution < 1.29 is 28.6 Å². The van der Waals surface area contributed by atoms with Crippen LogP contribution in [0.15, 0.2) is 164 Å². The molecular formula is C77H93N9O6. The number of carbonyl (C=O) groups excluding carboxylic acids is 3. The highest BCUT2D eigenvalue weighted by atomic mass is 16.5. The van der Waals surface area contributed by atoms with E-state index >= 15 is 0 Å². The van der Waals surface area contributed by atoms with E-state index in [0.717, 1.165) is 136 Å². The molecule has 3 aromatic heterocycles. The summed E-state index contributed by atoms with van der Waals surface area (Å²) in [4.78, 5) is 59.1. The Morgan fingerprint density at radius 1 is 0.500 bits per heavy atom. The van der Waals surface area contributed by atoms with Gasteiger partial charge >= 0.3 is 0 Å². The number of hydrogen-bond acceptors (Lipinski definition) is 12. The van der Waals surface area contributed by atoms with E-state index in [-0.39, 0.29) is 34.3 Å². The number of likely N-dealkylation sites (tertiary alicyclic amines) is 1. The van der Waals surface area contributed by atoms with Gasteiger partial charge in [-0.1, -0.05) is 107 Å². The average Bonchev–Trinajstić information content (AvgIpc) is 1.61. The van der Waals surface area contributed by atoms with E-state index in [0.29, 0.717) is 42.6 Å². The normalized spacial score (nSPS) is 15.9. The largest absolute Gasteiger partial charge is 0.492 e. The van der Waals surface area contributed by atoms with Crippen LogP contribution in [0.2, 0.25) is 0 Å². The first kappa shape index (κ1) is 67.6. The van der Waals surface area contributed by atoms with Crippen LogP contribution in [0.4, 0.5) is 0 Å². The number of fused-ring (bicyclic) bond motifs is 3. The topological polar surface area (TPSA) is 163 Å². The maximum Gasteiger partial charge on any atom is 0.252 e. The number of amides is 3. The lowest BCUT2D eigenvalue weighted by molar-refractivity contribution is 0.0767. The molecule has 6 aromatic carbocycles. The molecule has 3 N–H and O–H groups in total. The number of para-hydroxylation sites is 1. The van der Waals surface area contributed by atoms with Crippen LogP contribution in [-0.2, 0) is 16.6 Å². The molecule has 13 rings (SSSR count). The molecule has 15 nitrogen and oxygen atoms in total. The molecule has 3 saturated carbocycles. The Balaban J connectivity index is 0.000000159. The molecule has 1 aliphatic heterocycles. The molecule has 0 spiro atoms. The van der Waals surface area contributed by atoms with Gasteiger partial charge in [-0.25, -0.2) is 0 Å². The summed E-state index contributed by atoms with van der Waals surface area (Å²) in [6.45, 7) is 18.5. The maximum absolute atomic E-state index is 13.3. The lowest BCUT2D eigenvalue weighted by Gasteiger charge is -2.37. The lowest BCUT2D eigenvalue weighted by Crippen LogP contribution is -2.48. The van der Waals surface area contributed by atoms with Crippen LogP contribution in [-0.4, -0.2) is 128 Å². The summed E-state index contributed by atoms with van der Waals surface area (Å²) in [5, 5.41) is 15.5. The van der Waals surface area contributed by atoms with Crippen molar-refractivity contribution in [1.29, 1.82) is 0 Å². The van der Waals surface area contributed by atoms with E-state index in [9.17, 15) is 14.4 Å². The van der Waals surface area contributed by atoms with Crippen molar-refractivity contribution in [2.24, 2.45) is 0 Å². The Morgan fingerprint density at radius 3 is 1.41 bits per heavy atom. The van der Waals surface area contributed by atoms with Gasteiger partial charge in [-0.3, -0.25) is 34.2 Å². The zero-order chi connectivity index (χ0) is 65.6. The molecule has 482 valence electrons. The highest BCUT2D eigenvalue weighted by Crippen LogP contribution is 2.50. The van der Waals surface area contributed by atoms with Gasteiger partial charge in [-0.15, -0.1) is 0 Å². The highest BCUT2D eigenvalue weighted by molar-refractivity contribution is 5.99. The van der Waals surface area contributed by atoms with Crippen molar-refractivity contribution in [3.63, 3.8) is 0 Å². The third kappa shape index (κ3) is 16.3. The molecule has 4 fully saturated rings. The van der Waals surface area contributed by atoms with Gasteiger partial charge in [0.2, 0.25) is 0 Å². The van der Waals surface area contributed by atoms with Crippen molar-refractivity contribution in [2.45, 2.75) is 116 Å². The predicted octanol–water partition coefficient (Wildman–Crippen LogP) is 13.9. The summed E-state index contributed by atoms with van der Waals surface area (Å²) < 4.78 is 17.6. The zero-order valence-electron chi connectivity index (χ0n) is 56.0. The number of carbonyl (C=O) groups is 3. The smallest absolute Gasteiger partial charge is 0.252 e. The zero-order valence-corrected chi connectivity index (χ0v) is 56.0. The molecule has 3 aliphatic carbocycles. The standard InChI is InChI=1S/C25H27N3O2.2C24H27N3O2.2C2H6/c1-17-6-7-20(30-16-19-9-13-28(19)2)14-22(17)24(29)27-25(10-11-25)23-5-3-4-18-15-26-12-8-21(18)23;1-17-9-10-19(29-15-14-27(2)3)16-20(17)23(28)26-24(11-12-24)21-8-4-6-18-7-5-13-25-22(18)21;1-17-7-8-19(29-14-13-27(2)3)15-20(17)23(28)26-24(10-11-24)22-6-4-5-18-9-12-25-16-21(18)22;2*1-2/h3-8,12,14-15,19H,9-11,13,16H2,1-2H3,(H,27,29);4-10,13,16H,11-12,14-15H2,1-3H3,(H,26,28);4-9,12,15-16H,10-11,13-14H2,1-3H3,(H,26,28);2*1-2H3. The summed E-state index contributed by atoms with van der Waals surface area (Å²) in [6.07, 6.45) is 16.0. The Labute approximate surface area is 544 Å². The average molecular weight is 1240 g/mol. The van der Waals surface area contributed by atoms with Crippen molar-refractivity contribution in [3.05, 3.63) is 215 Å². The predicted molar refractivity (Wildman–Crippen MR) is 371 cm³/mol.